The normalized spacial score (nSPS) is 19.0. The van der Waals surface area contributed by atoms with E-state index in [9.17, 15) is 4.79 Å². The highest BCUT2D eigenvalue weighted by Gasteiger charge is 2.37. The van der Waals surface area contributed by atoms with E-state index >= 15 is 0 Å². The molecule has 0 spiro atoms. The van der Waals surface area contributed by atoms with Crippen LogP contribution in [0.25, 0.3) is 0 Å². The molecule has 6 nitrogen and oxygen atoms in total. The van der Waals surface area contributed by atoms with Gasteiger partial charge in [-0.05, 0) is 30.7 Å². The van der Waals surface area contributed by atoms with Crippen molar-refractivity contribution >= 4 is 5.91 Å². The van der Waals surface area contributed by atoms with Gasteiger partial charge in [0.05, 0.1) is 18.2 Å². The van der Waals surface area contributed by atoms with Crippen LogP contribution in [0.5, 0.6) is 5.88 Å². The maximum atomic E-state index is 13.3. The van der Waals surface area contributed by atoms with Gasteiger partial charge in [-0.3, -0.25) is 9.78 Å². The second-order valence-corrected chi connectivity index (χ2v) is 6.93. The van der Waals surface area contributed by atoms with Gasteiger partial charge >= 0.3 is 0 Å². The summed E-state index contributed by atoms with van der Waals surface area (Å²) in [5.74, 6) is 0.478. The van der Waals surface area contributed by atoms with Crippen LogP contribution in [0.15, 0.2) is 73.1 Å². The van der Waals surface area contributed by atoms with Crippen LogP contribution in [0.3, 0.4) is 0 Å². The average Bonchev–Trinajstić information content (AvgIpc) is 2.79. The Hall–Kier alpha value is -3.25. The molecular weight excluding hydrogens is 366 g/mol. The Morgan fingerprint density at radius 3 is 2.66 bits per heavy atom. The molecule has 1 aromatic carbocycles. The highest BCUT2D eigenvalue weighted by molar-refractivity contribution is 5.94. The van der Waals surface area contributed by atoms with Gasteiger partial charge in [-0.25, -0.2) is 4.98 Å². The third kappa shape index (κ3) is 4.43. The predicted molar refractivity (Wildman–Crippen MR) is 109 cm³/mol. The van der Waals surface area contributed by atoms with Crippen LogP contribution in [0.4, 0.5) is 0 Å². The SMILES string of the molecule is Cc1ccc(C(=O)N2CCO[C@@H](COc3ccccn3)[C@@H]2c2ccccc2)cn1. The summed E-state index contributed by atoms with van der Waals surface area (Å²) in [6.07, 6.45) is 3.01. The molecule has 3 aromatic rings. The first kappa shape index (κ1) is 19.1. The lowest BCUT2D eigenvalue weighted by molar-refractivity contribution is -0.0774. The monoisotopic (exact) mass is 389 g/mol. The van der Waals surface area contributed by atoms with Gasteiger partial charge in [-0.1, -0.05) is 36.4 Å². The number of hydrogen-bond donors (Lipinski definition) is 0. The van der Waals surface area contributed by atoms with Crippen molar-refractivity contribution in [3.63, 3.8) is 0 Å². The summed E-state index contributed by atoms with van der Waals surface area (Å²) in [5.41, 5.74) is 2.46. The highest BCUT2D eigenvalue weighted by atomic mass is 16.5. The molecule has 0 unspecified atom stereocenters. The molecule has 0 aliphatic carbocycles. The molecule has 0 saturated carbocycles. The van der Waals surface area contributed by atoms with Crippen LogP contribution in [0.1, 0.15) is 27.7 Å². The molecule has 1 fully saturated rings. The number of aromatic nitrogens is 2. The average molecular weight is 389 g/mol. The topological polar surface area (TPSA) is 64.6 Å². The molecule has 1 saturated heterocycles. The van der Waals surface area contributed by atoms with Crippen molar-refractivity contribution in [1.29, 1.82) is 0 Å². The standard InChI is InChI=1S/C23H23N3O3/c1-17-10-11-19(15-25-17)23(27)26-13-14-28-20(16-29-21-9-5-6-12-24-21)22(26)18-7-3-2-4-8-18/h2-12,15,20,22H,13-14,16H2,1H3/t20-,22-/m0/s1. The summed E-state index contributed by atoms with van der Waals surface area (Å²) < 4.78 is 11.9. The van der Waals surface area contributed by atoms with E-state index in [1.165, 1.54) is 0 Å². The summed E-state index contributed by atoms with van der Waals surface area (Å²) in [6.45, 7) is 3.16. The van der Waals surface area contributed by atoms with Crippen LogP contribution >= 0.6 is 0 Å². The fourth-order valence-corrected chi connectivity index (χ4v) is 3.51. The lowest BCUT2D eigenvalue weighted by Crippen LogP contribution is -2.50. The maximum Gasteiger partial charge on any atom is 0.256 e. The van der Waals surface area contributed by atoms with E-state index < -0.39 is 0 Å². The molecule has 0 N–H and O–H groups in total. The minimum atomic E-state index is -0.310. The van der Waals surface area contributed by atoms with Crippen LogP contribution in [-0.2, 0) is 4.74 Å². The number of aryl methyl sites for hydroxylation is 1. The van der Waals surface area contributed by atoms with Gasteiger partial charge in [0.2, 0.25) is 5.88 Å². The van der Waals surface area contributed by atoms with Crippen molar-refractivity contribution in [3.8, 4) is 5.88 Å². The van der Waals surface area contributed by atoms with Gasteiger partial charge < -0.3 is 14.4 Å². The second-order valence-electron chi connectivity index (χ2n) is 6.93. The Kier molecular flexibility index (Phi) is 5.81. The van der Waals surface area contributed by atoms with Crippen molar-refractivity contribution in [2.24, 2.45) is 0 Å². The summed E-state index contributed by atoms with van der Waals surface area (Å²) >= 11 is 0. The first-order chi connectivity index (χ1) is 14.2. The zero-order valence-electron chi connectivity index (χ0n) is 16.3. The molecule has 2 aromatic heterocycles. The van der Waals surface area contributed by atoms with E-state index in [0.717, 1.165) is 11.3 Å². The van der Waals surface area contributed by atoms with Gasteiger partial charge in [0.15, 0.2) is 0 Å². The molecule has 0 radical (unpaired) electrons. The van der Waals surface area contributed by atoms with E-state index in [0.29, 0.717) is 31.2 Å². The Morgan fingerprint density at radius 1 is 1.10 bits per heavy atom. The number of amides is 1. The molecule has 1 aliphatic rings. The first-order valence-electron chi connectivity index (χ1n) is 9.66. The molecule has 6 heteroatoms. The minimum Gasteiger partial charge on any atom is -0.475 e. The molecule has 1 amide bonds. The second kappa shape index (κ2) is 8.84. The molecule has 2 atom stereocenters. The zero-order valence-corrected chi connectivity index (χ0v) is 16.3. The maximum absolute atomic E-state index is 13.3. The number of hydrogen-bond acceptors (Lipinski definition) is 5. The molecule has 1 aliphatic heterocycles. The summed E-state index contributed by atoms with van der Waals surface area (Å²) in [6, 6.07) is 18.9. The van der Waals surface area contributed by atoms with E-state index in [1.54, 1.807) is 18.5 Å². The number of carbonyl (C=O) groups excluding carboxylic acids is 1. The Morgan fingerprint density at radius 2 is 1.93 bits per heavy atom. The van der Waals surface area contributed by atoms with Crippen molar-refractivity contribution in [2.45, 2.75) is 19.1 Å². The third-order valence-electron chi connectivity index (χ3n) is 4.95. The molecule has 3 heterocycles. The molecule has 29 heavy (non-hydrogen) atoms. The van der Waals surface area contributed by atoms with Crippen molar-refractivity contribution in [2.75, 3.05) is 19.8 Å². The minimum absolute atomic E-state index is 0.0579. The number of morpholine rings is 1. The van der Waals surface area contributed by atoms with Gasteiger partial charge in [0.1, 0.15) is 12.7 Å². The van der Waals surface area contributed by atoms with E-state index in [2.05, 4.69) is 9.97 Å². The van der Waals surface area contributed by atoms with Crippen molar-refractivity contribution in [1.82, 2.24) is 14.9 Å². The quantitative estimate of drug-likeness (QED) is 0.669. The Bertz CT molecular complexity index is 933. The number of pyridine rings is 2. The fourth-order valence-electron chi connectivity index (χ4n) is 3.51. The molecule has 4 rings (SSSR count). The number of carbonyl (C=O) groups is 1. The van der Waals surface area contributed by atoms with E-state index in [4.69, 9.17) is 9.47 Å². The largest absolute Gasteiger partial charge is 0.475 e. The van der Waals surface area contributed by atoms with Gasteiger partial charge in [-0.2, -0.15) is 0 Å². The van der Waals surface area contributed by atoms with E-state index in [-0.39, 0.29) is 18.1 Å². The zero-order chi connectivity index (χ0) is 20.1. The lowest BCUT2D eigenvalue weighted by Gasteiger charge is -2.41. The number of benzene rings is 1. The Balaban J connectivity index is 1.60. The van der Waals surface area contributed by atoms with E-state index in [1.807, 2.05) is 66.4 Å². The Labute approximate surface area is 170 Å². The lowest BCUT2D eigenvalue weighted by atomic mass is 9.97. The van der Waals surface area contributed by atoms with Crippen LogP contribution in [0, 0.1) is 6.92 Å². The molecular formula is C23H23N3O3. The molecule has 0 bridgehead atoms. The van der Waals surface area contributed by atoms with Gasteiger partial charge in [0, 0.05) is 30.7 Å². The number of ether oxygens (including phenoxy) is 2. The van der Waals surface area contributed by atoms with Crippen molar-refractivity contribution < 1.29 is 14.3 Å². The summed E-state index contributed by atoms with van der Waals surface area (Å²) in [5, 5.41) is 0. The fraction of sp³-hybridized carbons (Fsp3) is 0.261. The smallest absolute Gasteiger partial charge is 0.256 e. The predicted octanol–water partition coefficient (Wildman–Crippen LogP) is 3.45. The third-order valence-corrected chi connectivity index (χ3v) is 4.95. The first-order valence-corrected chi connectivity index (χ1v) is 9.66. The summed E-state index contributed by atoms with van der Waals surface area (Å²) in [7, 11) is 0. The van der Waals surface area contributed by atoms with Crippen LogP contribution in [0.2, 0.25) is 0 Å². The number of rotatable bonds is 5. The van der Waals surface area contributed by atoms with Crippen LogP contribution in [-0.4, -0.2) is 46.6 Å². The molecule has 148 valence electrons. The summed E-state index contributed by atoms with van der Waals surface area (Å²) in [4.78, 5) is 23.6. The highest BCUT2D eigenvalue weighted by Crippen LogP contribution is 2.31. The van der Waals surface area contributed by atoms with Gasteiger partial charge in [-0.15, -0.1) is 0 Å². The number of nitrogens with zero attached hydrogens (tertiary/aromatic N) is 3. The van der Waals surface area contributed by atoms with Gasteiger partial charge in [0.25, 0.3) is 5.91 Å². The van der Waals surface area contributed by atoms with Crippen LogP contribution < -0.4 is 4.74 Å². The van der Waals surface area contributed by atoms with Crippen molar-refractivity contribution in [3.05, 3.63) is 89.9 Å².